The van der Waals surface area contributed by atoms with E-state index >= 15 is 0 Å². The molecule has 1 aromatic heterocycles. The Balaban J connectivity index is 1.76. The second-order valence-electron chi connectivity index (χ2n) is 6.79. The summed E-state index contributed by atoms with van der Waals surface area (Å²) in [5, 5.41) is 15.0. The topological polar surface area (TPSA) is 75.6 Å². The summed E-state index contributed by atoms with van der Waals surface area (Å²) in [6.07, 6.45) is 1.30. The van der Waals surface area contributed by atoms with Gasteiger partial charge in [0.15, 0.2) is 17.3 Å². The van der Waals surface area contributed by atoms with Crippen molar-refractivity contribution in [2.24, 2.45) is 0 Å². The van der Waals surface area contributed by atoms with Crippen molar-refractivity contribution >= 4 is 39.0 Å². The molecule has 2 N–H and O–H groups in total. The van der Waals surface area contributed by atoms with Crippen LogP contribution < -0.4 is 10.1 Å². The molecule has 4 rings (SSSR count). The minimum absolute atomic E-state index is 0.00319. The first-order chi connectivity index (χ1) is 13.0. The Labute approximate surface area is 169 Å². The van der Waals surface area contributed by atoms with Crippen LogP contribution in [0.25, 0.3) is 0 Å². The summed E-state index contributed by atoms with van der Waals surface area (Å²) in [6, 6.07) is 7.48. The third-order valence-corrected chi connectivity index (χ3v) is 6.79. The molecule has 0 bridgehead atoms. The van der Waals surface area contributed by atoms with E-state index in [9.17, 15) is 14.7 Å². The number of ether oxygens (including phenoxy) is 1. The van der Waals surface area contributed by atoms with Gasteiger partial charge in [0.25, 0.3) is 0 Å². The number of allylic oxidation sites excluding steroid dienone is 2. The largest absolute Gasteiger partial charge is 0.503 e. The number of phenols is 1. The van der Waals surface area contributed by atoms with Gasteiger partial charge in [0.2, 0.25) is 5.91 Å². The van der Waals surface area contributed by atoms with Crippen LogP contribution in [0.2, 0.25) is 0 Å². The lowest BCUT2D eigenvalue weighted by atomic mass is 9.74. The number of amides is 1. The second-order valence-corrected chi connectivity index (χ2v) is 8.63. The quantitative estimate of drug-likeness (QED) is 0.737. The SMILES string of the molecule is COc1cc([C@@H]2CC(=O)NC3=C2C(=O)C[C@@H](c2cccs2)C3)cc(Br)c1O. The highest BCUT2D eigenvalue weighted by Gasteiger charge is 2.38. The maximum atomic E-state index is 13.0. The summed E-state index contributed by atoms with van der Waals surface area (Å²) < 4.78 is 5.71. The van der Waals surface area contributed by atoms with Crippen LogP contribution in [0.5, 0.6) is 11.5 Å². The first-order valence-corrected chi connectivity index (χ1v) is 10.3. The van der Waals surface area contributed by atoms with Gasteiger partial charge in [-0.15, -0.1) is 11.3 Å². The van der Waals surface area contributed by atoms with Gasteiger partial charge >= 0.3 is 0 Å². The Kier molecular flexibility index (Phi) is 4.82. The number of hydrogen-bond donors (Lipinski definition) is 2. The Bertz CT molecular complexity index is 951. The molecule has 1 aromatic carbocycles. The van der Waals surface area contributed by atoms with E-state index in [1.54, 1.807) is 23.5 Å². The summed E-state index contributed by atoms with van der Waals surface area (Å²) in [5.74, 6) is 0.0627. The Hall–Kier alpha value is -2.12. The van der Waals surface area contributed by atoms with Crippen molar-refractivity contribution in [3.63, 3.8) is 0 Å². The van der Waals surface area contributed by atoms with Crippen molar-refractivity contribution in [3.8, 4) is 11.5 Å². The number of methoxy groups -OCH3 is 1. The van der Waals surface area contributed by atoms with Gasteiger partial charge in [0.1, 0.15) is 0 Å². The zero-order chi connectivity index (χ0) is 19.1. The lowest BCUT2D eigenvalue weighted by Gasteiger charge is -2.34. The molecule has 0 fully saturated rings. The molecule has 1 aliphatic carbocycles. The predicted octanol–water partition coefficient (Wildman–Crippen LogP) is 4.23. The summed E-state index contributed by atoms with van der Waals surface area (Å²) in [5.41, 5.74) is 2.19. The van der Waals surface area contributed by atoms with E-state index in [2.05, 4.69) is 21.2 Å². The third kappa shape index (κ3) is 3.30. The second kappa shape index (κ2) is 7.13. The van der Waals surface area contributed by atoms with Gasteiger partial charge in [-0.3, -0.25) is 9.59 Å². The number of hydrogen-bond acceptors (Lipinski definition) is 5. The van der Waals surface area contributed by atoms with Gasteiger partial charge in [-0.1, -0.05) is 6.07 Å². The number of halogens is 1. The molecule has 0 radical (unpaired) electrons. The number of phenolic OH excluding ortho intramolecular Hbond substituents is 1. The molecule has 0 unspecified atom stereocenters. The maximum Gasteiger partial charge on any atom is 0.225 e. The van der Waals surface area contributed by atoms with Crippen molar-refractivity contribution in [1.29, 1.82) is 0 Å². The van der Waals surface area contributed by atoms with Gasteiger partial charge < -0.3 is 15.2 Å². The molecular weight excluding hydrogens is 430 g/mol. The number of aromatic hydroxyl groups is 1. The Morgan fingerprint density at radius 1 is 1.26 bits per heavy atom. The normalized spacial score (nSPS) is 22.4. The van der Waals surface area contributed by atoms with Gasteiger partial charge in [0.05, 0.1) is 11.6 Å². The molecule has 7 heteroatoms. The fourth-order valence-electron chi connectivity index (χ4n) is 3.92. The molecule has 2 aromatic rings. The highest BCUT2D eigenvalue weighted by Crippen LogP contribution is 2.46. The number of thiophene rings is 1. The number of ketones is 1. The average Bonchev–Trinajstić information content (AvgIpc) is 3.17. The van der Waals surface area contributed by atoms with Crippen LogP contribution in [-0.2, 0) is 9.59 Å². The van der Waals surface area contributed by atoms with Crippen molar-refractivity contribution in [1.82, 2.24) is 5.32 Å². The van der Waals surface area contributed by atoms with Crippen LogP contribution in [0.1, 0.15) is 41.5 Å². The van der Waals surface area contributed by atoms with Crippen LogP contribution in [0.3, 0.4) is 0 Å². The molecule has 2 atom stereocenters. The summed E-state index contributed by atoms with van der Waals surface area (Å²) in [6.45, 7) is 0. The molecule has 1 amide bonds. The first-order valence-electron chi connectivity index (χ1n) is 8.63. The molecule has 27 heavy (non-hydrogen) atoms. The molecule has 2 heterocycles. The Morgan fingerprint density at radius 3 is 2.78 bits per heavy atom. The van der Waals surface area contributed by atoms with Crippen LogP contribution in [0, 0.1) is 0 Å². The van der Waals surface area contributed by atoms with E-state index in [-0.39, 0.29) is 35.7 Å². The van der Waals surface area contributed by atoms with Crippen LogP contribution >= 0.6 is 27.3 Å². The minimum atomic E-state index is -0.337. The summed E-state index contributed by atoms with van der Waals surface area (Å²) >= 11 is 4.97. The zero-order valence-corrected chi connectivity index (χ0v) is 17.0. The minimum Gasteiger partial charge on any atom is -0.503 e. The smallest absolute Gasteiger partial charge is 0.225 e. The average molecular weight is 448 g/mol. The number of carbonyl (C=O) groups is 2. The van der Waals surface area contributed by atoms with Crippen molar-refractivity contribution < 1.29 is 19.4 Å². The molecular formula is C20H18BrNO4S. The molecule has 1 aliphatic heterocycles. The predicted molar refractivity (Wildman–Crippen MR) is 106 cm³/mol. The summed E-state index contributed by atoms with van der Waals surface area (Å²) in [4.78, 5) is 26.6. The van der Waals surface area contributed by atoms with E-state index in [1.165, 1.54) is 12.0 Å². The number of Topliss-reactive ketones (excluding diaryl/α,β-unsaturated/α-hetero) is 1. The van der Waals surface area contributed by atoms with Crippen LogP contribution in [-0.4, -0.2) is 23.9 Å². The number of nitrogens with one attached hydrogen (secondary N) is 1. The number of benzene rings is 1. The molecule has 140 valence electrons. The van der Waals surface area contributed by atoms with E-state index in [0.717, 1.165) is 11.3 Å². The highest BCUT2D eigenvalue weighted by atomic mass is 79.9. The van der Waals surface area contributed by atoms with E-state index < -0.39 is 0 Å². The lowest BCUT2D eigenvalue weighted by molar-refractivity contribution is -0.122. The fraction of sp³-hybridized carbons (Fsp3) is 0.300. The first kappa shape index (κ1) is 18.3. The van der Waals surface area contributed by atoms with E-state index in [0.29, 0.717) is 28.6 Å². The van der Waals surface area contributed by atoms with Crippen molar-refractivity contribution in [3.05, 3.63) is 55.8 Å². The van der Waals surface area contributed by atoms with Gasteiger partial charge in [-0.25, -0.2) is 0 Å². The molecule has 2 aliphatic rings. The van der Waals surface area contributed by atoms with Gasteiger partial charge in [0, 0.05) is 40.8 Å². The number of carbonyl (C=O) groups excluding carboxylic acids is 2. The number of rotatable bonds is 3. The zero-order valence-electron chi connectivity index (χ0n) is 14.6. The molecule has 0 saturated heterocycles. The summed E-state index contributed by atoms with van der Waals surface area (Å²) in [7, 11) is 1.47. The third-order valence-electron chi connectivity index (χ3n) is 5.15. The lowest BCUT2D eigenvalue weighted by Crippen LogP contribution is -2.38. The Morgan fingerprint density at radius 2 is 2.07 bits per heavy atom. The molecule has 0 spiro atoms. The monoisotopic (exact) mass is 447 g/mol. The highest BCUT2D eigenvalue weighted by molar-refractivity contribution is 9.10. The van der Waals surface area contributed by atoms with E-state index in [1.807, 2.05) is 17.5 Å². The molecule has 5 nitrogen and oxygen atoms in total. The van der Waals surface area contributed by atoms with Crippen LogP contribution in [0.15, 0.2) is 45.4 Å². The standard InChI is InChI=1S/C20H18BrNO4S/c1-26-16-8-10(5-13(21)20(16)25)12-9-18(24)22-14-6-11(7-15(23)19(12)14)17-3-2-4-27-17/h2-5,8,11-12,25H,6-7,9H2,1H3,(H,22,24)/t11-,12-/m0/s1. The van der Waals surface area contributed by atoms with Gasteiger partial charge in [-0.2, -0.15) is 0 Å². The van der Waals surface area contributed by atoms with E-state index in [4.69, 9.17) is 4.74 Å². The van der Waals surface area contributed by atoms with Gasteiger partial charge in [-0.05, 0) is 51.5 Å². The fourth-order valence-corrected chi connectivity index (χ4v) is 5.21. The maximum absolute atomic E-state index is 13.0. The molecule has 0 saturated carbocycles. The van der Waals surface area contributed by atoms with Crippen molar-refractivity contribution in [2.45, 2.75) is 31.1 Å². The van der Waals surface area contributed by atoms with Crippen LogP contribution in [0.4, 0.5) is 0 Å². The van der Waals surface area contributed by atoms with Crippen molar-refractivity contribution in [2.75, 3.05) is 7.11 Å².